The molecular weight excluding hydrogens is 302 g/mol. The molecule has 0 radical (unpaired) electrons. The molecule has 4 fully saturated rings. The first-order valence-electron chi connectivity index (χ1n) is 9.46. The van der Waals surface area contributed by atoms with Crippen molar-refractivity contribution in [3.8, 4) is 0 Å². The minimum atomic E-state index is -0.384. The zero-order chi connectivity index (χ0) is 16.7. The van der Waals surface area contributed by atoms with Crippen molar-refractivity contribution in [1.29, 1.82) is 0 Å². The normalized spacial score (nSPS) is 35.2. The van der Waals surface area contributed by atoms with Crippen LogP contribution >= 0.6 is 0 Å². The fraction of sp³-hybridized carbons (Fsp3) is 0.789. The van der Waals surface area contributed by atoms with Gasteiger partial charge in [0.15, 0.2) is 0 Å². The Labute approximate surface area is 143 Å². The number of imidazole rings is 1. The third-order valence-corrected chi connectivity index (χ3v) is 6.79. The largest absolute Gasteiger partial charge is 0.391 e. The molecule has 132 valence electrons. The van der Waals surface area contributed by atoms with Gasteiger partial charge in [0, 0.05) is 31.9 Å². The van der Waals surface area contributed by atoms with Crippen LogP contribution in [0.4, 0.5) is 0 Å². The van der Waals surface area contributed by atoms with E-state index in [4.69, 9.17) is 0 Å². The molecule has 1 unspecified atom stereocenters. The van der Waals surface area contributed by atoms with E-state index in [9.17, 15) is 9.90 Å². The second-order valence-electron chi connectivity index (χ2n) is 8.52. The minimum Gasteiger partial charge on any atom is -0.391 e. The fourth-order valence-corrected chi connectivity index (χ4v) is 5.96. The SMILES string of the molecule is Cc1nccn1CCC(=O)NCC(O)C12CC3CC(CC(C3)C1)C2. The molecule has 1 atom stereocenters. The Morgan fingerprint density at radius 3 is 2.50 bits per heavy atom. The Morgan fingerprint density at radius 2 is 1.96 bits per heavy atom. The first kappa shape index (κ1) is 16.1. The third kappa shape index (κ3) is 2.99. The van der Waals surface area contributed by atoms with E-state index in [1.54, 1.807) is 6.20 Å². The van der Waals surface area contributed by atoms with Gasteiger partial charge in [-0.15, -0.1) is 0 Å². The zero-order valence-electron chi connectivity index (χ0n) is 14.6. The lowest BCUT2D eigenvalue weighted by molar-refractivity contribution is -0.129. The summed E-state index contributed by atoms with van der Waals surface area (Å²) in [7, 11) is 0. The van der Waals surface area contributed by atoms with Gasteiger partial charge in [0.1, 0.15) is 5.82 Å². The molecule has 2 N–H and O–H groups in total. The van der Waals surface area contributed by atoms with Crippen LogP contribution in [0, 0.1) is 30.1 Å². The van der Waals surface area contributed by atoms with Gasteiger partial charge in [-0.2, -0.15) is 0 Å². The number of nitrogens with zero attached hydrogens (tertiary/aromatic N) is 2. The first-order valence-corrected chi connectivity index (χ1v) is 9.46. The predicted octanol–water partition coefficient (Wildman–Crippen LogP) is 2.28. The van der Waals surface area contributed by atoms with Crippen LogP contribution in [0.25, 0.3) is 0 Å². The van der Waals surface area contributed by atoms with Crippen molar-refractivity contribution in [3.63, 3.8) is 0 Å². The Balaban J connectivity index is 1.28. The van der Waals surface area contributed by atoms with Crippen molar-refractivity contribution in [3.05, 3.63) is 18.2 Å². The molecule has 0 spiro atoms. The van der Waals surface area contributed by atoms with Gasteiger partial charge in [-0.05, 0) is 68.6 Å². The third-order valence-electron chi connectivity index (χ3n) is 6.79. The topological polar surface area (TPSA) is 67.2 Å². The lowest BCUT2D eigenvalue weighted by atomic mass is 9.48. The molecule has 0 aromatic carbocycles. The molecule has 5 nitrogen and oxygen atoms in total. The number of aliphatic hydroxyl groups excluding tert-OH is 1. The molecule has 0 aliphatic heterocycles. The van der Waals surface area contributed by atoms with E-state index in [0.717, 1.165) is 23.6 Å². The van der Waals surface area contributed by atoms with Crippen LogP contribution < -0.4 is 5.32 Å². The molecule has 5 heteroatoms. The van der Waals surface area contributed by atoms with Crippen LogP contribution in [0.2, 0.25) is 0 Å². The molecular formula is C19H29N3O2. The van der Waals surface area contributed by atoms with Crippen LogP contribution in [-0.2, 0) is 11.3 Å². The zero-order valence-corrected chi connectivity index (χ0v) is 14.6. The summed E-state index contributed by atoms with van der Waals surface area (Å²) in [5, 5.41) is 13.8. The first-order chi connectivity index (χ1) is 11.5. The molecule has 1 heterocycles. The number of nitrogens with one attached hydrogen (secondary N) is 1. The van der Waals surface area contributed by atoms with Crippen molar-refractivity contribution >= 4 is 5.91 Å². The van der Waals surface area contributed by atoms with Gasteiger partial charge in [0.2, 0.25) is 5.91 Å². The molecule has 4 aliphatic carbocycles. The van der Waals surface area contributed by atoms with Crippen molar-refractivity contribution in [2.45, 2.75) is 64.5 Å². The van der Waals surface area contributed by atoms with Crippen molar-refractivity contribution in [2.75, 3.05) is 6.54 Å². The predicted molar refractivity (Wildman–Crippen MR) is 91.2 cm³/mol. The van der Waals surface area contributed by atoms with Crippen molar-refractivity contribution in [2.24, 2.45) is 23.2 Å². The number of aromatic nitrogens is 2. The highest BCUT2D eigenvalue weighted by molar-refractivity contribution is 5.75. The van der Waals surface area contributed by atoms with E-state index in [-0.39, 0.29) is 17.4 Å². The van der Waals surface area contributed by atoms with Gasteiger partial charge in [-0.25, -0.2) is 4.98 Å². The van der Waals surface area contributed by atoms with Crippen molar-refractivity contribution in [1.82, 2.24) is 14.9 Å². The van der Waals surface area contributed by atoms with Crippen LogP contribution in [0.5, 0.6) is 0 Å². The van der Waals surface area contributed by atoms with Crippen LogP contribution in [-0.4, -0.2) is 33.2 Å². The number of rotatable bonds is 6. The number of aryl methyl sites for hydroxylation is 2. The maximum atomic E-state index is 12.1. The summed E-state index contributed by atoms with van der Waals surface area (Å²) >= 11 is 0. The van der Waals surface area contributed by atoms with Crippen LogP contribution in [0.15, 0.2) is 12.4 Å². The fourth-order valence-electron chi connectivity index (χ4n) is 5.96. The maximum Gasteiger partial charge on any atom is 0.221 e. The van der Waals surface area contributed by atoms with E-state index >= 15 is 0 Å². The lowest BCUT2D eigenvalue weighted by Crippen LogP contribution is -2.54. The summed E-state index contributed by atoms with van der Waals surface area (Å²) in [6, 6.07) is 0. The maximum absolute atomic E-state index is 12.1. The molecule has 4 bridgehead atoms. The molecule has 1 amide bonds. The van der Waals surface area contributed by atoms with E-state index < -0.39 is 0 Å². The van der Waals surface area contributed by atoms with Gasteiger partial charge in [0.05, 0.1) is 6.10 Å². The van der Waals surface area contributed by atoms with Crippen molar-refractivity contribution < 1.29 is 9.90 Å². The number of carbonyl (C=O) groups excluding carboxylic acids is 1. The summed E-state index contributed by atoms with van der Waals surface area (Å²) in [6.45, 7) is 2.99. The molecule has 4 aliphatic rings. The smallest absolute Gasteiger partial charge is 0.221 e. The average molecular weight is 331 g/mol. The molecule has 4 saturated carbocycles. The number of aliphatic hydroxyl groups is 1. The monoisotopic (exact) mass is 331 g/mol. The van der Waals surface area contributed by atoms with E-state index in [2.05, 4.69) is 10.3 Å². The summed E-state index contributed by atoms with van der Waals surface area (Å²) in [5.74, 6) is 3.42. The van der Waals surface area contributed by atoms with Crippen LogP contribution in [0.3, 0.4) is 0 Å². The second kappa shape index (κ2) is 6.17. The minimum absolute atomic E-state index is 0.0203. The molecule has 24 heavy (non-hydrogen) atoms. The number of carbonyl (C=O) groups is 1. The standard InChI is InChI=1S/C19H29N3O2/c1-13-20-3-5-22(13)4-2-18(24)21-12-17(23)19-9-14-6-15(10-19)8-16(7-14)11-19/h3,5,14-17,23H,2,4,6-12H2,1H3,(H,21,24). The van der Waals surface area contributed by atoms with E-state index in [1.165, 1.54) is 38.5 Å². The highest BCUT2D eigenvalue weighted by Gasteiger charge is 2.53. The quantitative estimate of drug-likeness (QED) is 0.840. The van der Waals surface area contributed by atoms with E-state index in [0.29, 0.717) is 19.5 Å². The molecule has 1 aromatic rings. The van der Waals surface area contributed by atoms with Gasteiger partial charge in [-0.3, -0.25) is 4.79 Å². The lowest BCUT2D eigenvalue weighted by Gasteiger charge is -2.58. The van der Waals surface area contributed by atoms with E-state index in [1.807, 2.05) is 17.7 Å². The summed E-state index contributed by atoms with van der Waals surface area (Å²) in [4.78, 5) is 16.3. The Morgan fingerprint density at radius 1 is 1.33 bits per heavy atom. The van der Waals surface area contributed by atoms with Gasteiger partial charge >= 0.3 is 0 Å². The highest BCUT2D eigenvalue weighted by Crippen LogP contribution is 2.61. The molecule has 0 saturated heterocycles. The Hall–Kier alpha value is -1.36. The molecule has 5 rings (SSSR count). The Kier molecular flexibility index (Phi) is 4.15. The summed E-state index contributed by atoms with van der Waals surface area (Å²) in [5.41, 5.74) is 0.0863. The second-order valence-corrected chi connectivity index (χ2v) is 8.52. The number of hydrogen-bond acceptors (Lipinski definition) is 3. The van der Waals surface area contributed by atoms with Gasteiger partial charge in [-0.1, -0.05) is 0 Å². The van der Waals surface area contributed by atoms with Crippen LogP contribution in [0.1, 0.15) is 50.8 Å². The highest BCUT2D eigenvalue weighted by atomic mass is 16.3. The average Bonchev–Trinajstić information content (AvgIpc) is 2.94. The number of amides is 1. The van der Waals surface area contributed by atoms with Gasteiger partial charge < -0.3 is 15.0 Å². The van der Waals surface area contributed by atoms with Gasteiger partial charge in [0.25, 0.3) is 0 Å². The number of hydrogen-bond donors (Lipinski definition) is 2. The molecule has 1 aromatic heterocycles. The summed E-state index contributed by atoms with van der Waals surface area (Å²) < 4.78 is 1.98. The Bertz CT molecular complexity index is 574. The summed E-state index contributed by atoms with van der Waals surface area (Å²) in [6.07, 6.45) is 11.3.